The van der Waals surface area contributed by atoms with Gasteiger partial charge in [-0.1, -0.05) is 0 Å². The third kappa shape index (κ3) is 5.51. The zero-order valence-corrected chi connectivity index (χ0v) is 19.8. The van der Waals surface area contributed by atoms with E-state index >= 15 is 0 Å². The fourth-order valence-electron chi connectivity index (χ4n) is 3.46. The van der Waals surface area contributed by atoms with Crippen LogP contribution in [0.3, 0.4) is 0 Å². The van der Waals surface area contributed by atoms with Crippen molar-refractivity contribution < 1.29 is 56.3 Å². The number of nitrogens with one attached hydrogen (secondary N) is 1. The predicted molar refractivity (Wildman–Crippen MR) is 99.7 cm³/mol. The maximum Gasteiger partial charge on any atom is 0.280 e. The molecule has 2 aromatic heterocycles. The number of nitrogens with zero attached hydrogens (tertiary/aromatic N) is 3. The first-order chi connectivity index (χ1) is 14.8. The Morgan fingerprint density at radius 1 is 1.18 bits per heavy atom. The molecule has 0 radical (unpaired) electrons. The summed E-state index contributed by atoms with van der Waals surface area (Å²) in [5.41, 5.74) is -5.48. The smallest absolute Gasteiger partial charge is 0.280 e. The van der Waals surface area contributed by atoms with Gasteiger partial charge in [0, 0.05) is 6.42 Å². The Bertz CT molecular complexity index is 1270. The van der Waals surface area contributed by atoms with Crippen molar-refractivity contribution in [3.05, 3.63) is 23.0 Å². The van der Waals surface area contributed by atoms with E-state index in [0.29, 0.717) is 0 Å². The molecule has 0 amide bonds. The Morgan fingerprint density at radius 2 is 1.82 bits per heavy atom. The van der Waals surface area contributed by atoms with Gasteiger partial charge in [-0.15, -0.1) is 0 Å². The van der Waals surface area contributed by atoms with Crippen LogP contribution in [0.4, 0.5) is 0 Å². The molecule has 20 heteroatoms. The van der Waals surface area contributed by atoms with Crippen molar-refractivity contribution in [1.82, 2.24) is 19.5 Å². The van der Waals surface area contributed by atoms with Crippen LogP contribution in [-0.2, 0) is 37.3 Å². The number of hydrogen-bond acceptors (Lipinski definition) is 14. The average Bonchev–Trinajstić information content (AvgIpc) is 3.09. The summed E-state index contributed by atoms with van der Waals surface area (Å²) in [6, 6.07) is 0. The van der Waals surface area contributed by atoms with Crippen LogP contribution in [-0.4, -0.2) is 47.3 Å². The summed E-state index contributed by atoms with van der Waals surface area (Å²) in [5.74, 6) is 0. The van der Waals surface area contributed by atoms with E-state index in [1.807, 2.05) is 0 Å². The molecule has 17 nitrogen and oxygen atoms in total. The summed E-state index contributed by atoms with van der Waals surface area (Å²) in [4.78, 5) is 64.4. The van der Waals surface area contributed by atoms with E-state index in [2.05, 4.69) is 28.1 Å². The molecule has 3 rings (SSSR count). The Hall–Kier alpha value is -1.32. The molecule has 186 valence electrons. The van der Waals surface area contributed by atoms with Gasteiger partial charge in [0.05, 0.1) is 24.9 Å². The number of ether oxygens (including phenoxy) is 1. The van der Waals surface area contributed by atoms with Crippen LogP contribution in [0.5, 0.6) is 0 Å². The lowest BCUT2D eigenvalue weighted by atomic mass is 9.85. The quantitative estimate of drug-likeness (QED) is 0.316. The molecule has 1 fully saturated rings. The summed E-state index contributed by atoms with van der Waals surface area (Å²) in [6.45, 7) is 3.05. The molecule has 6 unspecified atom stereocenters. The van der Waals surface area contributed by atoms with E-state index in [-0.39, 0.29) is 17.6 Å². The molecule has 3 N–H and O–H groups in total. The van der Waals surface area contributed by atoms with E-state index in [9.17, 15) is 38.3 Å². The third-order valence-corrected chi connectivity index (χ3v) is 8.68. The molecule has 0 aromatic carbocycles. The Kier molecular flexibility index (Phi) is 6.47. The molecule has 3 heterocycles. The van der Waals surface area contributed by atoms with Crippen LogP contribution in [0.15, 0.2) is 17.4 Å². The number of phosphoric acid groups is 3. The molecule has 0 bridgehead atoms. The largest absolute Gasteiger partial charge is 0.756 e. The van der Waals surface area contributed by atoms with E-state index in [0.717, 1.165) is 6.33 Å². The van der Waals surface area contributed by atoms with Gasteiger partial charge in [-0.25, -0.2) is 18.6 Å². The number of aromatic amines is 1. The number of rotatable bonds is 8. The topological polar surface area (TPSA) is 261 Å². The second-order valence-electron chi connectivity index (χ2n) is 7.78. The van der Waals surface area contributed by atoms with Crippen molar-refractivity contribution in [2.45, 2.75) is 44.1 Å². The SMILES string of the molecule is CC1(n2cnc3c(=O)[nH]cnc32)CC(C)(O)C(C)(COP(=O)([O-])OP(=O)([O-])OP(=O)([O-])O)O1. The van der Waals surface area contributed by atoms with Crippen molar-refractivity contribution >= 4 is 34.6 Å². The van der Waals surface area contributed by atoms with E-state index in [4.69, 9.17) is 9.63 Å². The zero-order chi connectivity index (χ0) is 25.1. The standard InChI is InChI=1S/C13H21N4O13P3/c1-11(19)4-13(3,17-7-16-8-9(17)14-6-15-10(8)18)28-12(11,2)5-27-32(23,24)30-33(25,26)29-31(20,21)22/h6-7,19H,4-5H2,1-3H3,(H,23,24)(H,25,26)(H,14,15,18)(H2,20,21,22)/p-3. The minimum absolute atomic E-state index is 0.0185. The van der Waals surface area contributed by atoms with Gasteiger partial charge in [-0.3, -0.25) is 23.1 Å². The van der Waals surface area contributed by atoms with Gasteiger partial charge >= 0.3 is 0 Å². The van der Waals surface area contributed by atoms with Crippen molar-refractivity contribution in [3.63, 3.8) is 0 Å². The Balaban J connectivity index is 1.83. The number of H-pyrrole nitrogens is 1. The molecular formula is C13H18N4O13P3-3. The molecular weight excluding hydrogens is 513 g/mol. The van der Waals surface area contributed by atoms with Crippen LogP contribution < -0.4 is 20.2 Å². The van der Waals surface area contributed by atoms with E-state index in [1.165, 1.54) is 31.7 Å². The van der Waals surface area contributed by atoms with Crippen LogP contribution in [0.2, 0.25) is 0 Å². The van der Waals surface area contributed by atoms with Crippen molar-refractivity contribution in [3.8, 4) is 0 Å². The third-order valence-electron chi connectivity index (χ3n) is 5.01. The fraction of sp³-hybridized carbons (Fsp3) is 0.615. The van der Waals surface area contributed by atoms with Crippen molar-refractivity contribution in [2.75, 3.05) is 6.61 Å². The highest BCUT2D eigenvalue weighted by Gasteiger charge is 2.60. The van der Waals surface area contributed by atoms with E-state index in [1.54, 1.807) is 0 Å². The highest BCUT2D eigenvalue weighted by Crippen LogP contribution is 2.62. The minimum atomic E-state index is -6.08. The van der Waals surface area contributed by atoms with Gasteiger partial charge in [-0.2, -0.15) is 0 Å². The van der Waals surface area contributed by atoms with Gasteiger partial charge < -0.3 is 38.9 Å². The number of imidazole rings is 1. The summed E-state index contributed by atoms with van der Waals surface area (Å²) in [5, 5.41) is 10.9. The maximum atomic E-state index is 11.9. The first-order valence-corrected chi connectivity index (χ1v) is 13.3. The molecule has 2 aromatic rings. The lowest BCUT2D eigenvalue weighted by Gasteiger charge is -2.38. The second kappa shape index (κ2) is 8.12. The van der Waals surface area contributed by atoms with Gasteiger partial charge in [0.2, 0.25) is 0 Å². The van der Waals surface area contributed by atoms with Gasteiger partial charge in [0.25, 0.3) is 29.0 Å². The number of hydrogen-bond donors (Lipinski definition) is 3. The summed E-state index contributed by atoms with van der Waals surface area (Å²) < 4.78 is 52.3. The number of phosphoric ester groups is 1. The van der Waals surface area contributed by atoms with Crippen molar-refractivity contribution in [2.24, 2.45) is 0 Å². The monoisotopic (exact) mass is 531 g/mol. The van der Waals surface area contributed by atoms with Gasteiger partial charge in [0.15, 0.2) is 11.2 Å². The molecule has 6 atom stereocenters. The zero-order valence-electron chi connectivity index (χ0n) is 17.1. The van der Waals surface area contributed by atoms with Crippen LogP contribution in [0, 0.1) is 0 Å². The molecule has 1 aliphatic heterocycles. The fourth-order valence-corrected chi connectivity index (χ4v) is 6.43. The van der Waals surface area contributed by atoms with E-state index < -0.39 is 52.6 Å². The lowest BCUT2D eigenvalue weighted by Crippen LogP contribution is -2.49. The van der Waals surface area contributed by atoms with Crippen molar-refractivity contribution in [1.29, 1.82) is 0 Å². The molecule has 1 aliphatic rings. The highest BCUT2D eigenvalue weighted by atomic mass is 31.3. The summed E-state index contributed by atoms with van der Waals surface area (Å²) >= 11 is 0. The molecule has 0 saturated carbocycles. The Morgan fingerprint density at radius 3 is 2.42 bits per heavy atom. The maximum absolute atomic E-state index is 11.9. The van der Waals surface area contributed by atoms with Gasteiger partial charge in [0.1, 0.15) is 11.3 Å². The highest BCUT2D eigenvalue weighted by molar-refractivity contribution is 7.65. The summed E-state index contributed by atoms with van der Waals surface area (Å²) in [6.07, 6.45) is 2.18. The first-order valence-electron chi connectivity index (χ1n) is 8.85. The van der Waals surface area contributed by atoms with Crippen LogP contribution in [0.1, 0.15) is 27.2 Å². The molecule has 1 saturated heterocycles. The average molecular weight is 531 g/mol. The number of fused-ring (bicyclic) bond motifs is 1. The lowest BCUT2D eigenvalue weighted by molar-refractivity contribution is -0.253. The predicted octanol–water partition coefficient (Wildman–Crippen LogP) is -1.83. The first kappa shape index (κ1) is 26.3. The number of aromatic nitrogens is 4. The minimum Gasteiger partial charge on any atom is -0.756 e. The Labute approximate surface area is 184 Å². The molecule has 0 aliphatic carbocycles. The normalized spacial score (nSPS) is 33.5. The van der Waals surface area contributed by atoms with Crippen LogP contribution >= 0.6 is 23.5 Å². The molecule has 0 spiro atoms. The number of aliphatic hydroxyl groups is 1. The van der Waals surface area contributed by atoms with Gasteiger partial charge in [-0.05, 0) is 20.8 Å². The van der Waals surface area contributed by atoms with Crippen LogP contribution in [0.25, 0.3) is 11.2 Å². The second-order valence-corrected chi connectivity index (χ2v) is 12.1. The summed E-state index contributed by atoms with van der Waals surface area (Å²) in [7, 11) is -17.8. The molecule has 33 heavy (non-hydrogen) atoms.